The van der Waals surface area contributed by atoms with Crippen molar-refractivity contribution in [3.8, 4) is 11.8 Å². The summed E-state index contributed by atoms with van der Waals surface area (Å²) < 4.78 is 11.7. The lowest BCUT2D eigenvalue weighted by atomic mass is 9.94. The lowest BCUT2D eigenvalue weighted by Crippen LogP contribution is -2.29. The third kappa shape index (κ3) is 2.86. The van der Waals surface area contributed by atoms with E-state index in [1.807, 2.05) is 36.4 Å². The van der Waals surface area contributed by atoms with Crippen LogP contribution < -0.4 is 4.74 Å². The maximum atomic E-state index is 9.21. The van der Waals surface area contributed by atoms with Gasteiger partial charge in [0.1, 0.15) is 11.9 Å². The Morgan fingerprint density at radius 3 is 2.57 bits per heavy atom. The monoisotopic (exact) mass is 281 g/mol. The minimum atomic E-state index is 0.194. The summed E-state index contributed by atoms with van der Waals surface area (Å²) in [6.45, 7) is 0. The molecule has 1 saturated carbocycles. The van der Waals surface area contributed by atoms with Gasteiger partial charge in [-0.15, -0.1) is 0 Å². The van der Waals surface area contributed by atoms with E-state index in [1.165, 1.54) is 0 Å². The maximum Gasteiger partial charge on any atom is 0.127 e. The van der Waals surface area contributed by atoms with Crippen molar-refractivity contribution in [3.63, 3.8) is 0 Å². The summed E-state index contributed by atoms with van der Waals surface area (Å²) >= 11 is 0. The Labute approximate surface area is 125 Å². The predicted octanol–water partition coefficient (Wildman–Crippen LogP) is 4.05. The number of methoxy groups -OCH3 is 1. The number of ether oxygens (including phenoxy) is 2. The van der Waals surface area contributed by atoms with Crippen LogP contribution in [0.15, 0.2) is 36.4 Å². The highest BCUT2D eigenvalue weighted by atomic mass is 16.5. The molecule has 108 valence electrons. The molecule has 21 heavy (non-hydrogen) atoms. The molecule has 3 heteroatoms. The predicted molar refractivity (Wildman–Crippen MR) is 82.3 cm³/mol. The van der Waals surface area contributed by atoms with Gasteiger partial charge in [-0.25, -0.2) is 0 Å². The van der Waals surface area contributed by atoms with Crippen molar-refractivity contribution in [3.05, 3.63) is 42.0 Å². The van der Waals surface area contributed by atoms with Crippen LogP contribution in [-0.2, 0) is 4.74 Å². The van der Waals surface area contributed by atoms with E-state index in [2.05, 4.69) is 6.07 Å². The zero-order valence-electron chi connectivity index (χ0n) is 12.2. The van der Waals surface area contributed by atoms with Crippen molar-refractivity contribution in [2.75, 3.05) is 7.11 Å². The van der Waals surface area contributed by atoms with Gasteiger partial charge in [0.2, 0.25) is 0 Å². The van der Waals surface area contributed by atoms with Gasteiger partial charge in [-0.05, 0) is 31.4 Å². The minimum Gasteiger partial charge on any atom is -0.490 e. The normalized spacial score (nSPS) is 21.9. The molecule has 0 saturated heterocycles. The fourth-order valence-electron chi connectivity index (χ4n) is 3.07. The number of rotatable bonds is 3. The van der Waals surface area contributed by atoms with E-state index in [0.29, 0.717) is 11.7 Å². The second-order valence-corrected chi connectivity index (χ2v) is 5.53. The number of fused-ring (bicyclic) bond motifs is 1. The first kappa shape index (κ1) is 13.9. The lowest BCUT2D eigenvalue weighted by molar-refractivity contribution is 0.0214. The zero-order chi connectivity index (χ0) is 14.7. The highest BCUT2D eigenvalue weighted by Crippen LogP contribution is 2.32. The lowest BCUT2D eigenvalue weighted by Gasteiger charge is -2.29. The fourth-order valence-corrected chi connectivity index (χ4v) is 3.07. The van der Waals surface area contributed by atoms with E-state index in [1.54, 1.807) is 7.11 Å². The standard InChI is InChI=1S/C18H19NO2/c1-20-14-5-4-6-15(11-14)21-18-10-9-13(12-19)16-7-2-3-8-17(16)18/h2-3,7-10,14-15H,4-6,11H2,1H3. The van der Waals surface area contributed by atoms with Crippen LogP contribution in [0.1, 0.15) is 31.2 Å². The molecule has 1 aliphatic rings. The van der Waals surface area contributed by atoms with Gasteiger partial charge in [0.15, 0.2) is 0 Å². The van der Waals surface area contributed by atoms with E-state index >= 15 is 0 Å². The summed E-state index contributed by atoms with van der Waals surface area (Å²) in [5.74, 6) is 0.867. The molecule has 2 unspecified atom stereocenters. The van der Waals surface area contributed by atoms with Gasteiger partial charge in [-0.1, -0.05) is 24.3 Å². The van der Waals surface area contributed by atoms with Crippen LogP contribution >= 0.6 is 0 Å². The molecule has 0 spiro atoms. The molecule has 0 amide bonds. The average molecular weight is 281 g/mol. The molecule has 0 aromatic heterocycles. The minimum absolute atomic E-state index is 0.194. The van der Waals surface area contributed by atoms with Gasteiger partial charge >= 0.3 is 0 Å². The molecule has 1 aliphatic carbocycles. The van der Waals surface area contributed by atoms with Crippen molar-refractivity contribution in [1.82, 2.24) is 0 Å². The Bertz CT molecular complexity index is 674. The van der Waals surface area contributed by atoms with Crippen LogP contribution in [0.2, 0.25) is 0 Å². The molecule has 1 fully saturated rings. The van der Waals surface area contributed by atoms with Crippen molar-refractivity contribution in [1.29, 1.82) is 5.26 Å². The highest BCUT2D eigenvalue weighted by Gasteiger charge is 2.23. The van der Waals surface area contributed by atoms with Crippen molar-refractivity contribution in [2.24, 2.45) is 0 Å². The van der Waals surface area contributed by atoms with Gasteiger partial charge in [0.25, 0.3) is 0 Å². The third-order valence-corrected chi connectivity index (χ3v) is 4.21. The Kier molecular flexibility index (Phi) is 4.08. The molecular weight excluding hydrogens is 262 g/mol. The number of benzene rings is 2. The Balaban J connectivity index is 1.89. The first-order chi connectivity index (χ1) is 10.3. The van der Waals surface area contributed by atoms with Crippen molar-refractivity contribution in [2.45, 2.75) is 37.9 Å². The van der Waals surface area contributed by atoms with Crippen LogP contribution in [0.4, 0.5) is 0 Å². The Hall–Kier alpha value is -2.05. The van der Waals surface area contributed by atoms with Gasteiger partial charge in [-0.2, -0.15) is 5.26 Å². The zero-order valence-corrected chi connectivity index (χ0v) is 12.2. The van der Waals surface area contributed by atoms with Gasteiger partial charge < -0.3 is 9.47 Å². The van der Waals surface area contributed by atoms with Crippen LogP contribution in [0.25, 0.3) is 10.8 Å². The van der Waals surface area contributed by atoms with Gasteiger partial charge in [0.05, 0.1) is 17.7 Å². The molecule has 2 aromatic carbocycles. The SMILES string of the molecule is COC1CCCC(Oc2ccc(C#N)c3ccccc23)C1. The smallest absolute Gasteiger partial charge is 0.127 e. The first-order valence-corrected chi connectivity index (χ1v) is 7.43. The molecule has 3 rings (SSSR count). The molecule has 0 radical (unpaired) electrons. The molecule has 0 bridgehead atoms. The number of hydrogen-bond donors (Lipinski definition) is 0. The summed E-state index contributed by atoms with van der Waals surface area (Å²) in [5.41, 5.74) is 0.691. The summed E-state index contributed by atoms with van der Waals surface area (Å²) in [5, 5.41) is 11.2. The van der Waals surface area contributed by atoms with Crippen LogP contribution in [0.5, 0.6) is 5.75 Å². The van der Waals surface area contributed by atoms with E-state index in [4.69, 9.17) is 9.47 Å². The van der Waals surface area contributed by atoms with Crippen LogP contribution in [0, 0.1) is 11.3 Å². The molecule has 0 heterocycles. The van der Waals surface area contributed by atoms with E-state index in [-0.39, 0.29) is 6.10 Å². The van der Waals surface area contributed by atoms with Crippen molar-refractivity contribution >= 4 is 10.8 Å². The summed E-state index contributed by atoms with van der Waals surface area (Å²) in [6, 6.07) is 13.9. The Morgan fingerprint density at radius 2 is 1.81 bits per heavy atom. The quantitative estimate of drug-likeness (QED) is 0.852. The fraction of sp³-hybridized carbons (Fsp3) is 0.389. The van der Waals surface area contributed by atoms with Gasteiger partial charge in [-0.3, -0.25) is 0 Å². The van der Waals surface area contributed by atoms with E-state index in [9.17, 15) is 5.26 Å². The molecule has 0 aliphatic heterocycles. The van der Waals surface area contributed by atoms with Crippen LogP contribution in [-0.4, -0.2) is 19.3 Å². The Morgan fingerprint density at radius 1 is 1.05 bits per heavy atom. The molecule has 2 atom stereocenters. The second-order valence-electron chi connectivity index (χ2n) is 5.53. The van der Waals surface area contributed by atoms with Crippen LogP contribution in [0.3, 0.4) is 0 Å². The topological polar surface area (TPSA) is 42.2 Å². The molecular formula is C18H19NO2. The summed E-state index contributed by atoms with van der Waals surface area (Å²) in [4.78, 5) is 0. The summed E-state index contributed by atoms with van der Waals surface area (Å²) in [7, 11) is 1.77. The second kappa shape index (κ2) is 6.15. The number of hydrogen-bond acceptors (Lipinski definition) is 3. The first-order valence-electron chi connectivity index (χ1n) is 7.43. The van der Waals surface area contributed by atoms with E-state index < -0.39 is 0 Å². The maximum absolute atomic E-state index is 9.21. The highest BCUT2D eigenvalue weighted by molar-refractivity contribution is 5.92. The van der Waals surface area contributed by atoms with Gasteiger partial charge in [0, 0.05) is 24.3 Å². The largest absolute Gasteiger partial charge is 0.490 e. The molecule has 2 aromatic rings. The van der Waals surface area contributed by atoms with E-state index in [0.717, 1.165) is 42.2 Å². The number of nitrogens with zero attached hydrogens (tertiary/aromatic N) is 1. The molecule has 3 nitrogen and oxygen atoms in total. The third-order valence-electron chi connectivity index (χ3n) is 4.21. The summed E-state index contributed by atoms with van der Waals surface area (Å²) in [6.07, 6.45) is 4.74. The average Bonchev–Trinajstić information content (AvgIpc) is 2.55. The molecule has 0 N–H and O–H groups in total. The number of nitriles is 1. The van der Waals surface area contributed by atoms with Crippen molar-refractivity contribution < 1.29 is 9.47 Å².